The molecule has 1 aromatic carbocycles. The highest BCUT2D eigenvalue weighted by molar-refractivity contribution is 5.94. The molecule has 0 spiro atoms. The van der Waals surface area contributed by atoms with Crippen LogP contribution < -0.4 is 4.90 Å². The Morgan fingerprint density at radius 3 is 2.23 bits per heavy atom. The Morgan fingerprint density at radius 1 is 1.05 bits per heavy atom. The summed E-state index contributed by atoms with van der Waals surface area (Å²) in [6.07, 6.45) is 0.195. The Bertz CT molecular complexity index is 501. The third kappa shape index (κ3) is 3.42. The molecule has 0 N–H and O–H groups in total. The lowest BCUT2D eigenvalue weighted by Crippen LogP contribution is -2.48. The molecule has 0 aliphatic carbocycles. The molecule has 5 nitrogen and oxygen atoms in total. The van der Waals surface area contributed by atoms with E-state index in [4.69, 9.17) is 9.47 Å². The number of morpholine rings is 2. The van der Waals surface area contributed by atoms with Crippen LogP contribution in [0.4, 0.5) is 5.69 Å². The summed E-state index contributed by atoms with van der Waals surface area (Å²) in [5, 5.41) is 0. The van der Waals surface area contributed by atoms with Crippen molar-refractivity contribution in [3.05, 3.63) is 29.8 Å². The molecule has 1 amide bonds. The van der Waals surface area contributed by atoms with E-state index in [1.807, 2.05) is 43.0 Å². The van der Waals surface area contributed by atoms with Crippen LogP contribution in [0.1, 0.15) is 24.2 Å². The van der Waals surface area contributed by atoms with Gasteiger partial charge in [0.05, 0.1) is 25.4 Å². The minimum atomic E-state index is 0.0931. The first-order valence-corrected chi connectivity index (χ1v) is 8.01. The fourth-order valence-corrected chi connectivity index (χ4v) is 3.16. The molecule has 2 aliphatic rings. The number of carbonyl (C=O) groups excluding carboxylic acids is 1. The summed E-state index contributed by atoms with van der Waals surface area (Å²) in [4.78, 5) is 16.8. The molecule has 0 bridgehead atoms. The molecular weight excluding hydrogens is 280 g/mol. The maximum Gasteiger partial charge on any atom is 0.254 e. The van der Waals surface area contributed by atoms with E-state index in [-0.39, 0.29) is 18.1 Å². The molecule has 2 heterocycles. The van der Waals surface area contributed by atoms with Crippen molar-refractivity contribution in [2.24, 2.45) is 0 Å². The van der Waals surface area contributed by atoms with Crippen LogP contribution in [0.15, 0.2) is 24.3 Å². The van der Waals surface area contributed by atoms with Crippen LogP contribution in [0, 0.1) is 0 Å². The summed E-state index contributed by atoms with van der Waals surface area (Å²) in [7, 11) is 0. The lowest BCUT2D eigenvalue weighted by molar-refractivity contribution is -0.0586. The Morgan fingerprint density at radius 2 is 1.64 bits per heavy atom. The zero-order valence-corrected chi connectivity index (χ0v) is 13.3. The van der Waals surface area contributed by atoms with Crippen LogP contribution in [-0.2, 0) is 9.47 Å². The third-order valence-electron chi connectivity index (χ3n) is 4.20. The summed E-state index contributed by atoms with van der Waals surface area (Å²) in [5.41, 5.74) is 1.90. The Hall–Kier alpha value is -1.59. The number of benzene rings is 1. The average Bonchev–Trinajstić information content (AvgIpc) is 2.54. The summed E-state index contributed by atoms with van der Waals surface area (Å²) in [6, 6.07) is 7.92. The molecule has 120 valence electrons. The number of rotatable bonds is 2. The van der Waals surface area contributed by atoms with Gasteiger partial charge in [-0.1, -0.05) is 0 Å². The number of nitrogens with zero attached hydrogens (tertiary/aromatic N) is 2. The standard InChI is InChI=1S/C17H24N2O3/c1-13-11-19(12-14(2)22-13)17(20)15-3-5-16(6-4-15)18-7-9-21-10-8-18/h3-6,13-14H,7-12H2,1-2H3/t13-,14-/m1/s1. The Labute approximate surface area is 131 Å². The minimum absolute atomic E-state index is 0.0931. The highest BCUT2D eigenvalue weighted by atomic mass is 16.5. The average molecular weight is 304 g/mol. The van der Waals surface area contributed by atoms with Gasteiger partial charge in [-0.15, -0.1) is 0 Å². The highest BCUT2D eigenvalue weighted by Gasteiger charge is 2.26. The van der Waals surface area contributed by atoms with Crippen molar-refractivity contribution in [2.45, 2.75) is 26.1 Å². The molecule has 5 heteroatoms. The van der Waals surface area contributed by atoms with Gasteiger partial charge in [0.1, 0.15) is 0 Å². The SMILES string of the molecule is C[C@@H]1CN(C(=O)c2ccc(N3CCOCC3)cc2)C[C@@H](C)O1. The van der Waals surface area contributed by atoms with Crippen LogP contribution in [0.5, 0.6) is 0 Å². The van der Waals surface area contributed by atoms with E-state index in [0.717, 1.165) is 37.6 Å². The molecule has 2 fully saturated rings. The van der Waals surface area contributed by atoms with E-state index in [1.165, 1.54) is 0 Å². The third-order valence-corrected chi connectivity index (χ3v) is 4.20. The molecular formula is C17H24N2O3. The summed E-state index contributed by atoms with van der Waals surface area (Å²) >= 11 is 0. The van der Waals surface area contributed by atoms with Crippen molar-refractivity contribution < 1.29 is 14.3 Å². The van der Waals surface area contributed by atoms with E-state index in [1.54, 1.807) is 0 Å². The van der Waals surface area contributed by atoms with Crippen molar-refractivity contribution in [3.8, 4) is 0 Å². The summed E-state index contributed by atoms with van der Waals surface area (Å²) in [6.45, 7) is 8.70. The van der Waals surface area contributed by atoms with E-state index in [2.05, 4.69) is 4.90 Å². The van der Waals surface area contributed by atoms with Gasteiger partial charge in [-0.05, 0) is 38.1 Å². The lowest BCUT2D eigenvalue weighted by atomic mass is 10.1. The molecule has 0 aromatic heterocycles. The maximum absolute atomic E-state index is 12.6. The predicted octanol–water partition coefficient (Wildman–Crippen LogP) is 1.77. The first kappa shape index (κ1) is 15.3. The second kappa shape index (κ2) is 6.67. The van der Waals surface area contributed by atoms with E-state index in [0.29, 0.717) is 13.1 Å². The van der Waals surface area contributed by atoms with Gasteiger partial charge in [0.15, 0.2) is 0 Å². The van der Waals surface area contributed by atoms with Crippen molar-refractivity contribution >= 4 is 11.6 Å². The van der Waals surface area contributed by atoms with Crippen molar-refractivity contribution in [3.63, 3.8) is 0 Å². The van der Waals surface area contributed by atoms with Crippen molar-refractivity contribution in [2.75, 3.05) is 44.3 Å². The van der Waals surface area contributed by atoms with Gasteiger partial charge >= 0.3 is 0 Å². The largest absolute Gasteiger partial charge is 0.378 e. The first-order chi connectivity index (χ1) is 10.6. The van der Waals surface area contributed by atoms with E-state index < -0.39 is 0 Å². The van der Waals surface area contributed by atoms with Gasteiger partial charge in [-0.3, -0.25) is 4.79 Å². The zero-order chi connectivity index (χ0) is 15.5. The summed E-state index contributed by atoms with van der Waals surface area (Å²) in [5.74, 6) is 0.0931. The highest BCUT2D eigenvalue weighted by Crippen LogP contribution is 2.19. The van der Waals surface area contributed by atoms with Crippen LogP contribution in [0.3, 0.4) is 0 Å². The monoisotopic (exact) mass is 304 g/mol. The van der Waals surface area contributed by atoms with Crippen LogP contribution in [-0.4, -0.2) is 62.4 Å². The van der Waals surface area contributed by atoms with Gasteiger partial charge in [0.2, 0.25) is 0 Å². The number of amides is 1. The molecule has 3 rings (SSSR count). The number of ether oxygens (including phenoxy) is 2. The van der Waals surface area contributed by atoms with Crippen LogP contribution >= 0.6 is 0 Å². The summed E-state index contributed by atoms with van der Waals surface area (Å²) < 4.78 is 11.1. The fraction of sp³-hybridized carbons (Fsp3) is 0.588. The van der Waals surface area contributed by atoms with Crippen LogP contribution in [0.25, 0.3) is 0 Å². The maximum atomic E-state index is 12.6. The molecule has 0 radical (unpaired) electrons. The van der Waals surface area contributed by atoms with Gasteiger partial charge in [-0.25, -0.2) is 0 Å². The van der Waals surface area contributed by atoms with Crippen LogP contribution in [0.2, 0.25) is 0 Å². The molecule has 2 aliphatic heterocycles. The number of hydrogen-bond acceptors (Lipinski definition) is 4. The Balaban J connectivity index is 1.68. The normalized spacial score (nSPS) is 26.1. The number of carbonyl (C=O) groups is 1. The Kier molecular flexibility index (Phi) is 4.64. The van der Waals surface area contributed by atoms with Crippen molar-refractivity contribution in [1.82, 2.24) is 4.90 Å². The zero-order valence-electron chi connectivity index (χ0n) is 13.3. The second-order valence-electron chi connectivity index (χ2n) is 6.11. The molecule has 2 atom stereocenters. The molecule has 1 aromatic rings. The van der Waals surface area contributed by atoms with Gasteiger partial charge in [0, 0.05) is 37.4 Å². The van der Waals surface area contributed by atoms with Gasteiger partial charge < -0.3 is 19.3 Å². The predicted molar refractivity (Wildman–Crippen MR) is 85.4 cm³/mol. The minimum Gasteiger partial charge on any atom is -0.378 e. The topological polar surface area (TPSA) is 42.0 Å². The van der Waals surface area contributed by atoms with E-state index in [9.17, 15) is 4.79 Å². The fourth-order valence-electron chi connectivity index (χ4n) is 3.16. The molecule has 0 unspecified atom stereocenters. The van der Waals surface area contributed by atoms with E-state index >= 15 is 0 Å². The second-order valence-corrected chi connectivity index (χ2v) is 6.11. The molecule has 22 heavy (non-hydrogen) atoms. The van der Waals surface area contributed by atoms with Gasteiger partial charge in [0.25, 0.3) is 5.91 Å². The number of anilines is 1. The molecule has 2 saturated heterocycles. The lowest BCUT2D eigenvalue weighted by Gasteiger charge is -2.35. The quantitative estimate of drug-likeness (QED) is 0.835. The number of hydrogen-bond donors (Lipinski definition) is 0. The smallest absolute Gasteiger partial charge is 0.254 e. The molecule has 0 saturated carbocycles. The van der Waals surface area contributed by atoms with Gasteiger partial charge in [-0.2, -0.15) is 0 Å². The van der Waals surface area contributed by atoms with Crippen molar-refractivity contribution in [1.29, 1.82) is 0 Å². The first-order valence-electron chi connectivity index (χ1n) is 8.01.